The van der Waals surface area contributed by atoms with Gasteiger partial charge in [0.05, 0.1) is 11.1 Å². The van der Waals surface area contributed by atoms with Crippen molar-refractivity contribution in [1.29, 1.82) is 0 Å². The van der Waals surface area contributed by atoms with Gasteiger partial charge in [-0.3, -0.25) is 4.79 Å². The van der Waals surface area contributed by atoms with Crippen LogP contribution in [0.1, 0.15) is 39.9 Å². The lowest BCUT2D eigenvalue weighted by Gasteiger charge is -2.16. The number of carbonyl (C=O) groups is 1. The molecule has 0 bridgehead atoms. The lowest BCUT2D eigenvalue weighted by Crippen LogP contribution is -2.19. The number of carbonyl (C=O) groups excluding carboxylic acids is 1. The van der Waals surface area contributed by atoms with Crippen molar-refractivity contribution in [2.75, 3.05) is 17.2 Å². The van der Waals surface area contributed by atoms with E-state index in [0.29, 0.717) is 0 Å². The van der Waals surface area contributed by atoms with Gasteiger partial charge in [-0.05, 0) is 43.2 Å². The first-order valence-corrected chi connectivity index (χ1v) is 8.75. The van der Waals surface area contributed by atoms with Crippen molar-refractivity contribution in [2.24, 2.45) is 5.92 Å². The van der Waals surface area contributed by atoms with Gasteiger partial charge in [-0.2, -0.15) is 5.10 Å². The third-order valence-electron chi connectivity index (χ3n) is 4.48. The average Bonchev–Trinajstić information content (AvgIpc) is 3.11. The van der Waals surface area contributed by atoms with Gasteiger partial charge in [-0.1, -0.05) is 6.92 Å². The highest BCUT2D eigenvalue weighted by atomic mass is 32.1. The van der Waals surface area contributed by atoms with E-state index in [1.807, 2.05) is 4.68 Å². The summed E-state index contributed by atoms with van der Waals surface area (Å²) in [5.74, 6) is 1.63. The molecule has 0 fully saturated rings. The van der Waals surface area contributed by atoms with Crippen molar-refractivity contribution in [3.05, 3.63) is 27.6 Å². The van der Waals surface area contributed by atoms with Crippen molar-refractivity contribution < 1.29 is 4.79 Å². The summed E-state index contributed by atoms with van der Waals surface area (Å²) in [4.78, 5) is 14.7. The molecule has 5 nitrogen and oxygen atoms in total. The number of nitrogens with zero attached hydrogens (tertiary/aromatic N) is 2. The maximum Gasteiger partial charge on any atom is 0.265 e. The first-order valence-electron chi connectivity index (χ1n) is 7.93. The number of anilines is 2. The molecule has 3 heterocycles. The molecule has 1 amide bonds. The van der Waals surface area contributed by atoms with Gasteiger partial charge in [-0.15, -0.1) is 11.3 Å². The largest absolute Gasteiger partial charge is 0.368 e. The Kier molecular flexibility index (Phi) is 3.41. The molecule has 2 aromatic heterocycles. The van der Waals surface area contributed by atoms with Crippen molar-refractivity contribution in [3.8, 4) is 0 Å². The van der Waals surface area contributed by atoms with Crippen LogP contribution in [-0.2, 0) is 19.4 Å². The molecule has 4 rings (SSSR count). The molecule has 1 aliphatic heterocycles. The molecule has 0 saturated carbocycles. The molecule has 0 radical (unpaired) electrons. The summed E-state index contributed by atoms with van der Waals surface area (Å²) in [5, 5.41) is 10.6. The Labute approximate surface area is 133 Å². The zero-order valence-corrected chi connectivity index (χ0v) is 13.5. The quantitative estimate of drug-likeness (QED) is 0.895. The van der Waals surface area contributed by atoms with Gasteiger partial charge in [0.1, 0.15) is 11.5 Å². The zero-order chi connectivity index (χ0) is 15.1. The first-order chi connectivity index (χ1) is 10.7. The van der Waals surface area contributed by atoms with Gasteiger partial charge in [0, 0.05) is 18.0 Å². The number of aromatic nitrogens is 2. The molecule has 1 aliphatic carbocycles. The van der Waals surface area contributed by atoms with Gasteiger partial charge in [0.25, 0.3) is 5.91 Å². The molecule has 22 heavy (non-hydrogen) atoms. The Morgan fingerprint density at radius 1 is 1.55 bits per heavy atom. The Hall–Kier alpha value is -1.82. The Balaban J connectivity index is 1.54. The van der Waals surface area contributed by atoms with E-state index in [2.05, 4.69) is 28.7 Å². The molecule has 0 spiro atoms. The highest BCUT2D eigenvalue weighted by Gasteiger charge is 2.22. The second kappa shape index (κ2) is 5.43. The van der Waals surface area contributed by atoms with E-state index in [-0.39, 0.29) is 5.91 Å². The summed E-state index contributed by atoms with van der Waals surface area (Å²) in [6.07, 6.45) is 6.25. The van der Waals surface area contributed by atoms with E-state index in [1.165, 1.54) is 16.9 Å². The fourth-order valence-corrected chi connectivity index (χ4v) is 4.37. The molecule has 2 aliphatic rings. The SMILES string of the molecule is CC1CCc2sc(C(=O)Nc3cnn4c3NCCC4)cc2C1. The molecular weight excluding hydrogens is 296 g/mol. The summed E-state index contributed by atoms with van der Waals surface area (Å²) in [6, 6.07) is 2.08. The number of aryl methyl sites for hydroxylation is 2. The maximum atomic E-state index is 12.5. The van der Waals surface area contributed by atoms with Crippen molar-refractivity contribution in [1.82, 2.24) is 9.78 Å². The van der Waals surface area contributed by atoms with E-state index in [4.69, 9.17) is 0 Å². The number of hydrogen-bond donors (Lipinski definition) is 2. The lowest BCUT2D eigenvalue weighted by atomic mass is 9.90. The van der Waals surface area contributed by atoms with Crippen molar-refractivity contribution >= 4 is 28.7 Å². The minimum atomic E-state index is -0.0183. The van der Waals surface area contributed by atoms with Crippen molar-refractivity contribution in [3.63, 3.8) is 0 Å². The summed E-state index contributed by atoms with van der Waals surface area (Å²) in [5.41, 5.74) is 2.15. The van der Waals surface area contributed by atoms with Crippen LogP contribution in [0.2, 0.25) is 0 Å². The number of thiophene rings is 1. The smallest absolute Gasteiger partial charge is 0.265 e. The zero-order valence-electron chi connectivity index (χ0n) is 12.7. The summed E-state index contributed by atoms with van der Waals surface area (Å²) < 4.78 is 1.92. The van der Waals surface area contributed by atoms with Crippen LogP contribution in [0.4, 0.5) is 11.5 Å². The van der Waals surface area contributed by atoms with E-state index in [9.17, 15) is 4.79 Å². The fourth-order valence-electron chi connectivity index (χ4n) is 3.27. The fraction of sp³-hybridized carbons (Fsp3) is 0.500. The third-order valence-corrected chi connectivity index (χ3v) is 5.72. The predicted molar refractivity (Wildman–Crippen MR) is 88.8 cm³/mol. The van der Waals surface area contributed by atoms with E-state index >= 15 is 0 Å². The molecule has 1 unspecified atom stereocenters. The highest BCUT2D eigenvalue weighted by molar-refractivity contribution is 7.14. The summed E-state index contributed by atoms with van der Waals surface area (Å²) in [6.45, 7) is 4.12. The molecular formula is C16H20N4OS. The van der Waals surface area contributed by atoms with Gasteiger partial charge < -0.3 is 10.6 Å². The maximum absolute atomic E-state index is 12.5. The molecule has 2 N–H and O–H groups in total. The monoisotopic (exact) mass is 316 g/mol. The van der Waals surface area contributed by atoms with Gasteiger partial charge in [0.2, 0.25) is 0 Å². The standard InChI is InChI=1S/C16H20N4OS/c1-10-3-4-13-11(7-10)8-14(22-13)16(21)19-12-9-18-20-6-2-5-17-15(12)20/h8-10,17H,2-7H2,1H3,(H,19,21). The molecule has 0 aromatic carbocycles. The second-order valence-electron chi connectivity index (χ2n) is 6.27. The lowest BCUT2D eigenvalue weighted by molar-refractivity contribution is 0.103. The van der Waals surface area contributed by atoms with Crippen LogP contribution in [0.15, 0.2) is 12.3 Å². The normalized spacial score (nSPS) is 20.0. The number of rotatable bonds is 2. The number of hydrogen-bond acceptors (Lipinski definition) is 4. The Morgan fingerprint density at radius 2 is 2.45 bits per heavy atom. The van der Waals surface area contributed by atoms with E-state index in [1.54, 1.807) is 17.5 Å². The van der Waals surface area contributed by atoms with Crippen LogP contribution >= 0.6 is 11.3 Å². The van der Waals surface area contributed by atoms with E-state index < -0.39 is 0 Å². The number of fused-ring (bicyclic) bond motifs is 2. The third kappa shape index (κ3) is 2.41. The molecule has 2 aromatic rings. The van der Waals surface area contributed by atoms with Crippen LogP contribution in [0.25, 0.3) is 0 Å². The topological polar surface area (TPSA) is 59.0 Å². The van der Waals surface area contributed by atoms with Gasteiger partial charge in [-0.25, -0.2) is 4.68 Å². The summed E-state index contributed by atoms with van der Waals surface area (Å²) >= 11 is 1.65. The van der Waals surface area contributed by atoms with Crippen LogP contribution in [-0.4, -0.2) is 22.2 Å². The van der Waals surface area contributed by atoms with Crippen LogP contribution < -0.4 is 10.6 Å². The average molecular weight is 316 g/mol. The van der Waals surface area contributed by atoms with Crippen molar-refractivity contribution in [2.45, 2.75) is 39.2 Å². The Bertz CT molecular complexity index is 718. The minimum Gasteiger partial charge on any atom is -0.368 e. The molecule has 1 atom stereocenters. The minimum absolute atomic E-state index is 0.0183. The first kappa shape index (κ1) is 13.8. The second-order valence-corrected chi connectivity index (χ2v) is 7.41. The molecule has 116 valence electrons. The Morgan fingerprint density at radius 3 is 3.36 bits per heavy atom. The summed E-state index contributed by atoms with van der Waals surface area (Å²) in [7, 11) is 0. The van der Waals surface area contributed by atoms with Crippen LogP contribution in [0.5, 0.6) is 0 Å². The predicted octanol–water partition coefficient (Wildman–Crippen LogP) is 3.14. The van der Waals surface area contributed by atoms with Gasteiger partial charge >= 0.3 is 0 Å². The van der Waals surface area contributed by atoms with Crippen LogP contribution in [0.3, 0.4) is 0 Å². The van der Waals surface area contributed by atoms with Gasteiger partial charge in [0.15, 0.2) is 0 Å². The molecule has 0 saturated heterocycles. The highest BCUT2D eigenvalue weighted by Crippen LogP contribution is 2.33. The molecule has 6 heteroatoms. The number of nitrogens with one attached hydrogen (secondary N) is 2. The van der Waals surface area contributed by atoms with E-state index in [0.717, 1.165) is 54.7 Å². The number of amides is 1. The van der Waals surface area contributed by atoms with Crippen LogP contribution in [0, 0.1) is 5.92 Å².